The molecule has 0 bridgehead atoms. The van der Waals surface area contributed by atoms with Crippen LogP contribution in [-0.2, 0) is 6.42 Å². The molecule has 0 atom stereocenters. The lowest BCUT2D eigenvalue weighted by atomic mass is 9.88. The smallest absolute Gasteiger partial charge is 0.258 e. The molecule has 0 amide bonds. The molecule has 0 aliphatic carbocycles. The minimum atomic E-state index is -0.363. The van der Waals surface area contributed by atoms with Gasteiger partial charge in [-0.15, -0.1) is 0 Å². The first kappa shape index (κ1) is 12.2. The van der Waals surface area contributed by atoms with Gasteiger partial charge in [0.2, 0.25) is 0 Å². The Morgan fingerprint density at radius 2 is 2.00 bits per heavy atom. The van der Waals surface area contributed by atoms with Crippen molar-refractivity contribution < 1.29 is 4.92 Å². The summed E-state index contributed by atoms with van der Waals surface area (Å²) in [6.45, 7) is 6.33. The molecular weight excluding hydrogens is 258 g/mol. The van der Waals surface area contributed by atoms with Crippen LogP contribution in [0.2, 0.25) is 0 Å². The predicted molar refractivity (Wildman–Crippen MR) is 64.0 cm³/mol. The van der Waals surface area contributed by atoms with Crippen LogP contribution < -0.4 is 0 Å². The highest BCUT2D eigenvalue weighted by atomic mass is 79.9. The van der Waals surface area contributed by atoms with Gasteiger partial charge in [-0.25, -0.2) is 0 Å². The molecule has 0 radical (unpaired) electrons. The highest BCUT2D eigenvalue weighted by Gasteiger charge is 2.16. The zero-order chi connectivity index (χ0) is 11.6. The Bertz CT molecular complexity index is 383. The first-order chi connectivity index (χ1) is 6.79. The number of benzene rings is 1. The molecule has 15 heavy (non-hydrogen) atoms. The lowest BCUT2D eigenvalue weighted by Crippen LogP contribution is -2.09. The third kappa shape index (κ3) is 3.63. The summed E-state index contributed by atoms with van der Waals surface area (Å²) < 4.78 is 0.933. The van der Waals surface area contributed by atoms with E-state index < -0.39 is 0 Å². The van der Waals surface area contributed by atoms with E-state index in [1.165, 1.54) is 6.07 Å². The van der Waals surface area contributed by atoms with Crippen molar-refractivity contribution in [3.63, 3.8) is 0 Å². The van der Waals surface area contributed by atoms with Crippen LogP contribution in [0.4, 0.5) is 5.69 Å². The number of nitro groups is 1. The SMILES string of the molecule is CC(C)(C)Cc1cc([N+](=O)[O-])ccc1Br. The van der Waals surface area contributed by atoms with Gasteiger partial charge in [0.05, 0.1) is 4.92 Å². The highest BCUT2D eigenvalue weighted by Crippen LogP contribution is 2.28. The van der Waals surface area contributed by atoms with Gasteiger partial charge in [0, 0.05) is 16.6 Å². The molecule has 82 valence electrons. The predicted octanol–water partition coefficient (Wildman–Crippen LogP) is 3.95. The van der Waals surface area contributed by atoms with Gasteiger partial charge in [0.15, 0.2) is 0 Å². The molecular formula is C11H14BrNO2. The number of nitrogens with zero attached hydrogens (tertiary/aromatic N) is 1. The van der Waals surface area contributed by atoms with Crippen molar-refractivity contribution >= 4 is 21.6 Å². The Morgan fingerprint density at radius 1 is 1.40 bits per heavy atom. The Labute approximate surface area is 97.8 Å². The summed E-state index contributed by atoms with van der Waals surface area (Å²) in [6, 6.07) is 4.88. The van der Waals surface area contributed by atoms with Crippen LogP contribution in [0.5, 0.6) is 0 Å². The molecule has 0 saturated carbocycles. The zero-order valence-corrected chi connectivity index (χ0v) is 10.7. The summed E-state index contributed by atoms with van der Waals surface area (Å²) in [7, 11) is 0. The normalized spacial score (nSPS) is 11.5. The van der Waals surface area contributed by atoms with Crippen LogP contribution in [0.15, 0.2) is 22.7 Å². The minimum Gasteiger partial charge on any atom is -0.258 e. The van der Waals surface area contributed by atoms with Gasteiger partial charge >= 0.3 is 0 Å². The Kier molecular flexibility index (Phi) is 3.50. The number of non-ortho nitro benzene ring substituents is 1. The Morgan fingerprint density at radius 3 is 2.47 bits per heavy atom. The fourth-order valence-corrected chi connectivity index (χ4v) is 1.77. The fraction of sp³-hybridized carbons (Fsp3) is 0.455. The first-order valence-corrected chi connectivity index (χ1v) is 5.52. The Balaban J connectivity index is 3.06. The molecule has 0 saturated heterocycles. The van der Waals surface area contributed by atoms with Crippen molar-refractivity contribution in [3.05, 3.63) is 38.3 Å². The molecule has 0 unspecified atom stereocenters. The van der Waals surface area contributed by atoms with Gasteiger partial charge in [0.1, 0.15) is 0 Å². The van der Waals surface area contributed by atoms with Gasteiger partial charge < -0.3 is 0 Å². The number of rotatable bonds is 2. The van der Waals surface area contributed by atoms with Crippen molar-refractivity contribution in [1.82, 2.24) is 0 Å². The molecule has 1 aromatic rings. The molecule has 0 heterocycles. The van der Waals surface area contributed by atoms with Crippen molar-refractivity contribution in [2.75, 3.05) is 0 Å². The second-order valence-corrected chi connectivity index (χ2v) is 5.62. The molecule has 0 fully saturated rings. The van der Waals surface area contributed by atoms with E-state index in [1.807, 2.05) is 0 Å². The van der Waals surface area contributed by atoms with Crippen molar-refractivity contribution in [2.45, 2.75) is 27.2 Å². The van der Waals surface area contributed by atoms with E-state index in [4.69, 9.17) is 0 Å². The van der Waals surface area contributed by atoms with Gasteiger partial charge in [0.25, 0.3) is 5.69 Å². The van der Waals surface area contributed by atoms with E-state index >= 15 is 0 Å². The van der Waals surface area contributed by atoms with Crippen LogP contribution >= 0.6 is 15.9 Å². The summed E-state index contributed by atoms with van der Waals surface area (Å²) in [4.78, 5) is 10.3. The number of nitro benzene ring substituents is 1. The van der Waals surface area contributed by atoms with Crippen LogP contribution in [-0.4, -0.2) is 4.92 Å². The number of hydrogen-bond donors (Lipinski definition) is 0. The number of hydrogen-bond acceptors (Lipinski definition) is 2. The van der Waals surface area contributed by atoms with Gasteiger partial charge in [-0.1, -0.05) is 36.7 Å². The van der Waals surface area contributed by atoms with Gasteiger partial charge in [-0.05, 0) is 23.5 Å². The van der Waals surface area contributed by atoms with E-state index in [2.05, 4.69) is 36.7 Å². The quantitative estimate of drug-likeness (QED) is 0.604. The lowest BCUT2D eigenvalue weighted by molar-refractivity contribution is -0.384. The van der Waals surface area contributed by atoms with Gasteiger partial charge in [-0.3, -0.25) is 10.1 Å². The average molecular weight is 272 g/mol. The summed E-state index contributed by atoms with van der Waals surface area (Å²) in [5, 5.41) is 10.6. The first-order valence-electron chi connectivity index (χ1n) is 4.72. The summed E-state index contributed by atoms with van der Waals surface area (Å²) in [5.41, 5.74) is 1.26. The largest absolute Gasteiger partial charge is 0.269 e. The van der Waals surface area contributed by atoms with E-state index in [9.17, 15) is 10.1 Å². The van der Waals surface area contributed by atoms with Crippen molar-refractivity contribution in [2.24, 2.45) is 5.41 Å². The minimum absolute atomic E-state index is 0.123. The summed E-state index contributed by atoms with van der Waals surface area (Å²) in [6.07, 6.45) is 0.815. The Hall–Kier alpha value is -0.900. The third-order valence-electron chi connectivity index (χ3n) is 1.96. The topological polar surface area (TPSA) is 43.1 Å². The van der Waals surface area contributed by atoms with E-state index in [0.717, 1.165) is 16.5 Å². The zero-order valence-electron chi connectivity index (χ0n) is 9.08. The molecule has 0 spiro atoms. The lowest BCUT2D eigenvalue weighted by Gasteiger charge is -2.18. The molecule has 0 aliphatic rings. The van der Waals surface area contributed by atoms with Gasteiger partial charge in [-0.2, -0.15) is 0 Å². The molecule has 0 aliphatic heterocycles. The fourth-order valence-electron chi connectivity index (χ4n) is 1.38. The molecule has 1 aromatic carbocycles. The van der Waals surface area contributed by atoms with Crippen LogP contribution in [0, 0.1) is 15.5 Å². The molecule has 4 heteroatoms. The average Bonchev–Trinajstić information content (AvgIpc) is 2.06. The number of halogens is 1. The molecule has 0 N–H and O–H groups in total. The van der Waals surface area contributed by atoms with Crippen LogP contribution in [0.3, 0.4) is 0 Å². The highest BCUT2D eigenvalue weighted by molar-refractivity contribution is 9.10. The van der Waals surface area contributed by atoms with E-state index in [-0.39, 0.29) is 16.0 Å². The van der Waals surface area contributed by atoms with Crippen LogP contribution in [0.25, 0.3) is 0 Å². The molecule has 0 aromatic heterocycles. The summed E-state index contributed by atoms with van der Waals surface area (Å²) >= 11 is 3.41. The van der Waals surface area contributed by atoms with Crippen molar-refractivity contribution in [1.29, 1.82) is 0 Å². The monoisotopic (exact) mass is 271 g/mol. The standard InChI is InChI=1S/C11H14BrNO2/c1-11(2,3)7-8-6-9(13(14)15)4-5-10(8)12/h4-6H,7H2,1-3H3. The second-order valence-electron chi connectivity index (χ2n) is 4.77. The second kappa shape index (κ2) is 4.31. The third-order valence-corrected chi connectivity index (χ3v) is 2.73. The molecule has 1 rings (SSSR count). The van der Waals surface area contributed by atoms with Crippen molar-refractivity contribution in [3.8, 4) is 0 Å². The van der Waals surface area contributed by atoms with Crippen LogP contribution in [0.1, 0.15) is 26.3 Å². The van der Waals surface area contributed by atoms with E-state index in [1.54, 1.807) is 12.1 Å². The maximum Gasteiger partial charge on any atom is 0.269 e. The summed E-state index contributed by atoms with van der Waals surface area (Å²) in [5.74, 6) is 0. The maximum absolute atomic E-state index is 10.6. The van der Waals surface area contributed by atoms with E-state index in [0.29, 0.717) is 0 Å². The maximum atomic E-state index is 10.6. The molecule has 3 nitrogen and oxygen atoms in total.